The van der Waals surface area contributed by atoms with Crippen LogP contribution in [0.3, 0.4) is 0 Å². The summed E-state index contributed by atoms with van der Waals surface area (Å²) in [5, 5.41) is 11.0. The van der Waals surface area contributed by atoms with E-state index in [0.29, 0.717) is 6.42 Å². The Morgan fingerprint density at radius 2 is 2.41 bits per heavy atom. The average Bonchev–Trinajstić information content (AvgIpc) is 2.32. The molecule has 2 rings (SSSR count). The summed E-state index contributed by atoms with van der Waals surface area (Å²) < 4.78 is 5.39. The van der Waals surface area contributed by atoms with E-state index in [4.69, 9.17) is 16.3 Å². The zero-order valence-corrected chi connectivity index (χ0v) is 9.37. The molecule has 0 saturated heterocycles. The van der Waals surface area contributed by atoms with Gasteiger partial charge in [0.15, 0.2) is 0 Å². The van der Waals surface area contributed by atoms with Gasteiger partial charge in [-0.3, -0.25) is 15.1 Å². The Balaban J connectivity index is 2.23. The summed E-state index contributed by atoms with van der Waals surface area (Å²) in [5.74, 6) is -0.0499. The van der Waals surface area contributed by atoms with Crippen LogP contribution in [0.5, 0.6) is 5.88 Å². The molecule has 1 atom stereocenters. The second kappa shape index (κ2) is 4.92. The van der Waals surface area contributed by atoms with Gasteiger partial charge >= 0.3 is 5.69 Å². The van der Waals surface area contributed by atoms with Gasteiger partial charge in [-0.2, -0.15) is 0 Å². The minimum Gasteiger partial charge on any atom is -0.463 e. The van der Waals surface area contributed by atoms with E-state index in [1.54, 1.807) is 12.4 Å². The fourth-order valence-electron chi connectivity index (χ4n) is 1.32. The third-order valence-electron chi connectivity index (χ3n) is 2.07. The molecule has 6 nitrogen and oxygen atoms in total. The summed E-state index contributed by atoms with van der Waals surface area (Å²) in [7, 11) is 0. The topological polar surface area (TPSA) is 77.6 Å². The Labute approximate surface area is 102 Å². The van der Waals surface area contributed by atoms with Crippen LogP contribution in [0, 0.1) is 10.1 Å². The van der Waals surface area contributed by atoms with Crippen LogP contribution in [0.4, 0.5) is 5.69 Å². The summed E-state index contributed by atoms with van der Waals surface area (Å²) in [5.41, 5.74) is -0.250. The molecule has 0 aliphatic carbocycles. The Bertz CT molecular complexity index is 502. The van der Waals surface area contributed by atoms with E-state index in [2.05, 4.69) is 9.98 Å². The van der Waals surface area contributed by atoms with Crippen molar-refractivity contribution in [3.8, 4) is 5.88 Å². The molecular weight excluding hydrogens is 246 g/mol. The van der Waals surface area contributed by atoms with E-state index < -0.39 is 4.92 Å². The molecule has 0 saturated carbocycles. The summed E-state index contributed by atoms with van der Waals surface area (Å²) in [6.07, 6.45) is 6.59. The van der Waals surface area contributed by atoms with Crippen molar-refractivity contribution in [2.75, 3.05) is 0 Å². The molecule has 0 spiro atoms. The quantitative estimate of drug-likeness (QED) is 0.612. The van der Waals surface area contributed by atoms with Gasteiger partial charge in [-0.15, -0.1) is 0 Å². The summed E-state index contributed by atoms with van der Waals surface area (Å²) in [4.78, 5) is 17.9. The van der Waals surface area contributed by atoms with E-state index in [9.17, 15) is 10.1 Å². The van der Waals surface area contributed by atoms with Crippen LogP contribution in [0.2, 0.25) is 5.02 Å². The van der Waals surface area contributed by atoms with Gasteiger partial charge in [0, 0.05) is 24.9 Å². The zero-order valence-electron chi connectivity index (χ0n) is 8.62. The van der Waals surface area contributed by atoms with Crippen LogP contribution in [0.15, 0.2) is 29.5 Å². The van der Waals surface area contributed by atoms with E-state index in [1.165, 1.54) is 12.3 Å². The van der Waals surface area contributed by atoms with Gasteiger partial charge in [0.2, 0.25) is 0 Å². The molecule has 1 aliphatic heterocycles. The summed E-state index contributed by atoms with van der Waals surface area (Å²) in [6, 6.07) is 1.21. The maximum atomic E-state index is 10.8. The molecule has 88 valence electrons. The summed E-state index contributed by atoms with van der Waals surface area (Å²) >= 11 is 5.64. The van der Waals surface area contributed by atoms with Gasteiger partial charge in [-0.05, 0) is 0 Å². The molecule has 17 heavy (non-hydrogen) atoms. The number of rotatable bonds is 3. The number of hydrogen-bond acceptors (Lipinski definition) is 5. The van der Waals surface area contributed by atoms with Gasteiger partial charge in [0.25, 0.3) is 5.88 Å². The molecule has 1 aromatic rings. The van der Waals surface area contributed by atoms with Crippen molar-refractivity contribution in [3.63, 3.8) is 0 Å². The van der Waals surface area contributed by atoms with Crippen molar-refractivity contribution < 1.29 is 9.66 Å². The molecule has 0 N–H and O–H groups in total. The fourth-order valence-corrected chi connectivity index (χ4v) is 1.47. The first-order chi connectivity index (χ1) is 8.16. The van der Waals surface area contributed by atoms with Crippen molar-refractivity contribution in [1.29, 1.82) is 0 Å². The van der Waals surface area contributed by atoms with Gasteiger partial charge < -0.3 is 4.74 Å². The van der Waals surface area contributed by atoms with Crippen LogP contribution < -0.4 is 4.74 Å². The van der Waals surface area contributed by atoms with Crippen LogP contribution in [0.25, 0.3) is 0 Å². The minimum atomic E-state index is -0.579. The predicted octanol–water partition coefficient (Wildman–Crippen LogP) is 2.38. The highest BCUT2D eigenvalue weighted by Gasteiger charge is 2.20. The normalized spacial score (nSPS) is 18.1. The minimum absolute atomic E-state index is 0.0499. The number of hydrogen-bond donors (Lipinski definition) is 0. The molecule has 0 aromatic carbocycles. The molecule has 7 heteroatoms. The van der Waals surface area contributed by atoms with E-state index >= 15 is 0 Å². The lowest BCUT2D eigenvalue weighted by atomic mass is 10.2. The highest BCUT2D eigenvalue weighted by Crippen LogP contribution is 2.28. The van der Waals surface area contributed by atoms with Crippen molar-refractivity contribution in [2.45, 2.75) is 12.5 Å². The van der Waals surface area contributed by atoms with Gasteiger partial charge in [-0.1, -0.05) is 17.7 Å². The number of nitrogens with zero attached hydrogens (tertiary/aromatic N) is 3. The molecule has 1 aliphatic rings. The standard InChI is InChI=1S/C10H8ClN3O3/c11-7-4-9(14(15)16)10(13-5-7)17-8-2-1-3-12-6-8/h1,3-6,8H,2H2. The van der Waals surface area contributed by atoms with Gasteiger partial charge in [0.05, 0.1) is 16.1 Å². The number of halogens is 1. The molecule has 0 radical (unpaired) electrons. The van der Waals surface area contributed by atoms with E-state index in [0.717, 1.165) is 0 Å². The first-order valence-electron chi connectivity index (χ1n) is 4.81. The average molecular weight is 254 g/mol. The third-order valence-corrected chi connectivity index (χ3v) is 2.28. The van der Waals surface area contributed by atoms with Gasteiger partial charge in [0.1, 0.15) is 6.10 Å². The monoisotopic (exact) mass is 253 g/mol. The number of nitro groups is 1. The zero-order chi connectivity index (χ0) is 12.3. The lowest BCUT2D eigenvalue weighted by Crippen LogP contribution is -2.19. The second-order valence-corrected chi connectivity index (χ2v) is 3.75. The Morgan fingerprint density at radius 1 is 1.59 bits per heavy atom. The predicted molar refractivity (Wildman–Crippen MR) is 62.6 cm³/mol. The maximum absolute atomic E-state index is 10.8. The number of ether oxygens (including phenoxy) is 1. The van der Waals surface area contributed by atoms with Crippen molar-refractivity contribution in [1.82, 2.24) is 4.98 Å². The van der Waals surface area contributed by atoms with Crippen molar-refractivity contribution in [2.24, 2.45) is 4.99 Å². The van der Waals surface area contributed by atoms with E-state index in [1.807, 2.05) is 6.08 Å². The Hall–Kier alpha value is -1.95. The fraction of sp³-hybridized carbons (Fsp3) is 0.200. The number of aromatic nitrogens is 1. The Kier molecular flexibility index (Phi) is 3.34. The molecule has 2 heterocycles. The molecule has 0 amide bonds. The lowest BCUT2D eigenvalue weighted by Gasteiger charge is -2.13. The molecule has 0 fully saturated rings. The van der Waals surface area contributed by atoms with Crippen molar-refractivity contribution in [3.05, 3.63) is 39.7 Å². The molecular formula is C10H8ClN3O3. The molecule has 1 aromatic heterocycles. The van der Waals surface area contributed by atoms with Crippen LogP contribution in [-0.2, 0) is 0 Å². The van der Waals surface area contributed by atoms with Crippen LogP contribution in [0.1, 0.15) is 6.42 Å². The smallest absolute Gasteiger partial charge is 0.332 e. The second-order valence-electron chi connectivity index (χ2n) is 3.31. The van der Waals surface area contributed by atoms with Crippen LogP contribution in [-0.4, -0.2) is 22.2 Å². The maximum Gasteiger partial charge on any atom is 0.332 e. The summed E-state index contributed by atoms with van der Waals surface area (Å²) in [6.45, 7) is 0. The first kappa shape index (κ1) is 11.5. The number of pyridine rings is 1. The molecule has 1 unspecified atom stereocenters. The number of aliphatic imine (C=N–C) groups is 1. The highest BCUT2D eigenvalue weighted by molar-refractivity contribution is 6.30. The third kappa shape index (κ3) is 2.79. The molecule has 0 bridgehead atoms. The Morgan fingerprint density at radius 3 is 3.06 bits per heavy atom. The largest absolute Gasteiger partial charge is 0.463 e. The van der Waals surface area contributed by atoms with Crippen LogP contribution >= 0.6 is 11.6 Å². The lowest BCUT2D eigenvalue weighted by molar-refractivity contribution is -0.386. The highest BCUT2D eigenvalue weighted by atomic mass is 35.5. The first-order valence-corrected chi connectivity index (χ1v) is 5.19. The van der Waals surface area contributed by atoms with Crippen molar-refractivity contribution >= 4 is 23.5 Å². The SMILES string of the molecule is O=[N+]([O-])c1cc(Cl)cnc1OC1C=NC=CC1. The van der Waals surface area contributed by atoms with E-state index in [-0.39, 0.29) is 22.7 Å². The van der Waals surface area contributed by atoms with Gasteiger partial charge in [-0.25, -0.2) is 4.98 Å².